The van der Waals surface area contributed by atoms with E-state index in [1.165, 1.54) is 5.56 Å². The molecule has 1 fully saturated rings. The summed E-state index contributed by atoms with van der Waals surface area (Å²) in [7, 11) is -3.06. The van der Waals surface area contributed by atoms with Crippen molar-refractivity contribution in [2.45, 2.75) is 31.5 Å². The molecule has 1 aliphatic heterocycles. The minimum absolute atomic E-state index is 0.0438. The number of thiophene rings is 1. The highest BCUT2D eigenvalue weighted by molar-refractivity contribution is 7.91. The number of hydrogen-bond acceptors (Lipinski definition) is 5. The van der Waals surface area contributed by atoms with Crippen LogP contribution >= 0.6 is 11.3 Å². The highest BCUT2D eigenvalue weighted by atomic mass is 32.2. The van der Waals surface area contributed by atoms with E-state index in [9.17, 15) is 13.5 Å². The predicted octanol–water partition coefficient (Wildman–Crippen LogP) is 0.427. The van der Waals surface area contributed by atoms with Crippen molar-refractivity contribution in [3.63, 3.8) is 0 Å². The van der Waals surface area contributed by atoms with Crippen molar-refractivity contribution in [1.29, 1.82) is 0 Å². The lowest BCUT2D eigenvalue weighted by Crippen LogP contribution is -2.44. The van der Waals surface area contributed by atoms with E-state index in [-0.39, 0.29) is 23.6 Å². The van der Waals surface area contributed by atoms with Crippen LogP contribution < -0.4 is 5.32 Å². The van der Waals surface area contributed by atoms with Gasteiger partial charge in [-0.3, -0.25) is 0 Å². The molecule has 6 heteroatoms. The molecule has 3 atom stereocenters. The molecule has 0 amide bonds. The van der Waals surface area contributed by atoms with Gasteiger partial charge in [0.2, 0.25) is 0 Å². The largest absolute Gasteiger partial charge is 0.390 e. The van der Waals surface area contributed by atoms with E-state index in [1.54, 1.807) is 11.3 Å². The lowest BCUT2D eigenvalue weighted by molar-refractivity contribution is 0.160. The Balaban J connectivity index is 1.89. The Kier molecular flexibility index (Phi) is 3.87. The first-order valence-electron chi connectivity index (χ1n) is 5.62. The van der Waals surface area contributed by atoms with E-state index >= 15 is 0 Å². The molecule has 0 saturated carbocycles. The first kappa shape index (κ1) is 13.0. The van der Waals surface area contributed by atoms with Crippen LogP contribution in [0.1, 0.15) is 12.5 Å². The van der Waals surface area contributed by atoms with Gasteiger partial charge in [0.15, 0.2) is 9.84 Å². The van der Waals surface area contributed by atoms with Gasteiger partial charge in [0, 0.05) is 12.1 Å². The SMILES string of the molecule is CC(Cc1ccsc1)NC1CS(=O)(=O)CC1O. The normalized spacial score (nSPS) is 29.3. The first-order valence-corrected chi connectivity index (χ1v) is 8.38. The summed E-state index contributed by atoms with van der Waals surface area (Å²) >= 11 is 1.65. The van der Waals surface area contributed by atoms with Gasteiger partial charge in [0.05, 0.1) is 17.6 Å². The van der Waals surface area contributed by atoms with Gasteiger partial charge in [-0.1, -0.05) is 0 Å². The van der Waals surface area contributed by atoms with Crippen molar-refractivity contribution >= 4 is 21.2 Å². The Labute approximate surface area is 106 Å². The number of sulfone groups is 1. The van der Waals surface area contributed by atoms with E-state index in [2.05, 4.69) is 16.8 Å². The van der Waals surface area contributed by atoms with Crippen molar-refractivity contribution in [1.82, 2.24) is 5.32 Å². The summed E-state index contributed by atoms with van der Waals surface area (Å²) < 4.78 is 22.7. The van der Waals surface area contributed by atoms with Crippen molar-refractivity contribution in [2.24, 2.45) is 0 Å². The minimum atomic E-state index is -3.06. The zero-order valence-corrected chi connectivity index (χ0v) is 11.3. The molecule has 96 valence electrons. The van der Waals surface area contributed by atoms with Crippen LogP contribution in [-0.4, -0.2) is 43.2 Å². The second-order valence-corrected chi connectivity index (χ2v) is 7.59. The third-order valence-corrected chi connectivity index (χ3v) is 5.39. The van der Waals surface area contributed by atoms with Gasteiger partial charge in [-0.15, -0.1) is 0 Å². The summed E-state index contributed by atoms with van der Waals surface area (Å²) in [5, 5.41) is 17.0. The fraction of sp³-hybridized carbons (Fsp3) is 0.636. The Hall–Kier alpha value is -0.430. The molecule has 3 unspecified atom stereocenters. The molecule has 2 heterocycles. The minimum Gasteiger partial charge on any atom is -0.390 e. The third-order valence-electron chi connectivity index (χ3n) is 2.94. The molecule has 0 radical (unpaired) electrons. The average molecular weight is 275 g/mol. The maximum Gasteiger partial charge on any atom is 0.154 e. The maximum absolute atomic E-state index is 11.4. The van der Waals surface area contributed by atoms with Gasteiger partial charge >= 0.3 is 0 Å². The molecule has 0 aliphatic carbocycles. The molecule has 0 bridgehead atoms. The Morgan fingerprint density at radius 2 is 2.35 bits per heavy atom. The van der Waals surface area contributed by atoms with Gasteiger partial charge < -0.3 is 10.4 Å². The van der Waals surface area contributed by atoms with Gasteiger partial charge in [0.1, 0.15) is 0 Å². The Bertz CT molecular complexity index is 455. The monoisotopic (exact) mass is 275 g/mol. The van der Waals surface area contributed by atoms with Crippen LogP contribution in [0.25, 0.3) is 0 Å². The molecular formula is C11H17NO3S2. The summed E-state index contributed by atoms with van der Waals surface area (Å²) in [4.78, 5) is 0. The quantitative estimate of drug-likeness (QED) is 0.836. The zero-order valence-electron chi connectivity index (χ0n) is 9.67. The van der Waals surface area contributed by atoms with E-state index in [0.717, 1.165) is 6.42 Å². The van der Waals surface area contributed by atoms with Gasteiger partial charge in [-0.25, -0.2) is 8.42 Å². The maximum atomic E-state index is 11.4. The van der Waals surface area contributed by atoms with Crippen LogP contribution in [0.15, 0.2) is 16.8 Å². The predicted molar refractivity (Wildman–Crippen MR) is 69.1 cm³/mol. The smallest absolute Gasteiger partial charge is 0.154 e. The molecule has 0 spiro atoms. The van der Waals surface area contributed by atoms with Crippen LogP contribution in [0.4, 0.5) is 0 Å². The number of rotatable bonds is 4. The van der Waals surface area contributed by atoms with Crippen LogP contribution in [0.5, 0.6) is 0 Å². The second-order valence-electron chi connectivity index (χ2n) is 4.65. The zero-order chi connectivity index (χ0) is 12.5. The summed E-state index contributed by atoms with van der Waals surface area (Å²) in [6.45, 7) is 2.01. The number of aliphatic hydroxyl groups is 1. The third kappa shape index (κ3) is 3.51. The van der Waals surface area contributed by atoms with Crippen LogP contribution in [0.2, 0.25) is 0 Å². The topological polar surface area (TPSA) is 66.4 Å². The number of aliphatic hydroxyl groups excluding tert-OH is 1. The molecule has 17 heavy (non-hydrogen) atoms. The average Bonchev–Trinajstić information content (AvgIpc) is 2.75. The highest BCUT2D eigenvalue weighted by Crippen LogP contribution is 2.14. The lowest BCUT2D eigenvalue weighted by Gasteiger charge is -2.20. The van der Waals surface area contributed by atoms with E-state index in [0.29, 0.717) is 0 Å². The molecule has 4 nitrogen and oxygen atoms in total. The van der Waals surface area contributed by atoms with Gasteiger partial charge in [0.25, 0.3) is 0 Å². The Morgan fingerprint density at radius 3 is 2.88 bits per heavy atom. The van der Waals surface area contributed by atoms with Crippen LogP contribution in [0.3, 0.4) is 0 Å². The fourth-order valence-electron chi connectivity index (χ4n) is 2.17. The summed E-state index contributed by atoms with van der Waals surface area (Å²) in [6.07, 6.45) is 0.0807. The summed E-state index contributed by atoms with van der Waals surface area (Å²) in [5.41, 5.74) is 1.24. The first-order chi connectivity index (χ1) is 7.96. The number of nitrogens with one attached hydrogen (secondary N) is 1. The van der Waals surface area contributed by atoms with E-state index in [1.807, 2.05) is 12.3 Å². The molecule has 0 aromatic carbocycles. The van der Waals surface area contributed by atoms with Crippen molar-refractivity contribution in [2.75, 3.05) is 11.5 Å². The fourth-order valence-corrected chi connectivity index (χ4v) is 4.61. The molecule has 1 saturated heterocycles. The van der Waals surface area contributed by atoms with Crippen molar-refractivity contribution in [3.8, 4) is 0 Å². The Morgan fingerprint density at radius 1 is 1.59 bits per heavy atom. The molecule has 1 aliphatic rings. The standard InChI is InChI=1S/C11H17NO3S2/c1-8(4-9-2-3-16-5-9)12-10-6-17(14,15)7-11(10)13/h2-3,5,8,10-13H,4,6-7H2,1H3. The highest BCUT2D eigenvalue weighted by Gasteiger charge is 2.36. The van der Waals surface area contributed by atoms with E-state index in [4.69, 9.17) is 0 Å². The van der Waals surface area contributed by atoms with Gasteiger partial charge in [-0.2, -0.15) is 11.3 Å². The molecule has 2 N–H and O–H groups in total. The van der Waals surface area contributed by atoms with Crippen molar-refractivity contribution in [3.05, 3.63) is 22.4 Å². The lowest BCUT2D eigenvalue weighted by atomic mass is 10.1. The molecule has 2 rings (SSSR count). The van der Waals surface area contributed by atoms with Crippen LogP contribution in [-0.2, 0) is 16.3 Å². The molecule has 1 aromatic rings. The van der Waals surface area contributed by atoms with Crippen LogP contribution in [0, 0.1) is 0 Å². The summed E-state index contributed by atoms with van der Waals surface area (Å²) in [6, 6.07) is 1.90. The molecular weight excluding hydrogens is 258 g/mol. The number of hydrogen-bond donors (Lipinski definition) is 2. The second kappa shape index (κ2) is 5.06. The van der Waals surface area contributed by atoms with Crippen molar-refractivity contribution < 1.29 is 13.5 Å². The van der Waals surface area contributed by atoms with Gasteiger partial charge in [-0.05, 0) is 35.7 Å². The summed E-state index contributed by atoms with van der Waals surface area (Å²) in [5.74, 6) is -0.0714. The van der Waals surface area contributed by atoms with E-state index < -0.39 is 15.9 Å². The molecule has 1 aromatic heterocycles.